The first-order valence-corrected chi connectivity index (χ1v) is 24.7. The second-order valence-electron chi connectivity index (χ2n) is 16.3. The molecule has 4 heterocycles. The number of hydrogen-bond acceptors (Lipinski definition) is 15. The van der Waals surface area contributed by atoms with E-state index in [1.54, 1.807) is 23.1 Å². The summed E-state index contributed by atoms with van der Waals surface area (Å²) in [7, 11) is -9.47. The van der Waals surface area contributed by atoms with Crippen molar-refractivity contribution in [2.75, 3.05) is 30.3 Å². The monoisotopic (exact) mass is 982 g/mol. The molecule has 1 aliphatic carbocycles. The molecule has 0 aromatic heterocycles. The molecule has 1 atom stereocenters. The van der Waals surface area contributed by atoms with Gasteiger partial charge in [0.2, 0.25) is 5.36 Å². The molecule has 21 heteroatoms. The first-order chi connectivity index (χ1) is 31.7. The summed E-state index contributed by atoms with van der Waals surface area (Å²) >= 11 is 0. The summed E-state index contributed by atoms with van der Waals surface area (Å²) in [5, 5.41) is 10.0. The van der Waals surface area contributed by atoms with Crippen LogP contribution in [0.3, 0.4) is 0 Å². The van der Waals surface area contributed by atoms with Crippen molar-refractivity contribution in [1.29, 1.82) is 0 Å². The van der Waals surface area contributed by atoms with E-state index in [1.165, 1.54) is 18.2 Å². The molecule has 356 valence electrons. The van der Waals surface area contributed by atoms with Crippen LogP contribution in [0.2, 0.25) is 0 Å². The number of rotatable bonds is 15. The second kappa shape index (κ2) is 22.4. The number of carbonyl (C=O) groups excluding carboxylic acids is 5. The van der Waals surface area contributed by atoms with Crippen LogP contribution in [-0.2, 0) is 54.5 Å². The van der Waals surface area contributed by atoms with Gasteiger partial charge in [-0.25, -0.2) is 26.2 Å². The SMILES string of the molecule is CC[N+](CC)=c1ccc2c(-c3ccccc3)c(C)c(/C=C/C=C3\N(CCCS(=O)(=O)[O-])c4ccc(S(=O)(=O)[O-])cc4C3(C)CCCC(=O)ON3C(=O)CCC3=O)oc-2c1.O=C1CCC(=O)N1O.[Na+]. The number of carbonyl (C=O) groups is 5. The Morgan fingerprint density at radius 1 is 0.882 bits per heavy atom. The Balaban J connectivity index is 0.000000869. The molecule has 2 aromatic rings. The molecule has 68 heavy (non-hydrogen) atoms. The summed E-state index contributed by atoms with van der Waals surface area (Å²) in [5.74, 6) is -2.50. The summed E-state index contributed by atoms with van der Waals surface area (Å²) in [4.78, 5) is 63.8. The molecule has 4 aliphatic heterocycles. The maximum atomic E-state index is 12.8. The Kier molecular flexibility index (Phi) is 17.7. The van der Waals surface area contributed by atoms with Gasteiger partial charge in [0.25, 0.3) is 23.6 Å². The van der Waals surface area contributed by atoms with E-state index in [4.69, 9.17) is 14.5 Å². The van der Waals surface area contributed by atoms with E-state index in [0.29, 0.717) is 33.5 Å². The van der Waals surface area contributed by atoms with Crippen LogP contribution in [0.15, 0.2) is 93.9 Å². The van der Waals surface area contributed by atoms with Crippen LogP contribution < -0.4 is 44.4 Å². The molecule has 4 amide bonds. The zero-order valence-electron chi connectivity index (χ0n) is 38.4. The first-order valence-electron chi connectivity index (χ1n) is 21.7. The fourth-order valence-electron chi connectivity index (χ4n) is 8.52. The minimum absolute atomic E-state index is 0. The van der Waals surface area contributed by atoms with Crippen LogP contribution >= 0.6 is 0 Å². The number of hydroxylamine groups is 4. The number of anilines is 1. The van der Waals surface area contributed by atoms with E-state index in [0.717, 1.165) is 40.7 Å². The molecular weight excluding hydrogens is 932 g/mol. The fraction of sp³-hybridized carbons (Fsp3) is 0.362. The van der Waals surface area contributed by atoms with Crippen molar-refractivity contribution in [3.8, 4) is 22.5 Å². The summed E-state index contributed by atoms with van der Waals surface area (Å²) in [5.41, 5.74) is 4.17. The Hall–Kier alpha value is -5.32. The Morgan fingerprint density at radius 3 is 2.09 bits per heavy atom. The molecule has 1 unspecified atom stereocenters. The average molecular weight is 983 g/mol. The van der Waals surface area contributed by atoms with E-state index in [2.05, 4.69) is 30.6 Å². The quantitative estimate of drug-likeness (QED) is 0.0588. The number of fused-ring (bicyclic) bond motifs is 2. The third kappa shape index (κ3) is 12.3. The molecule has 2 fully saturated rings. The zero-order chi connectivity index (χ0) is 48.8. The molecular formula is C47H51N4NaO14S2. The van der Waals surface area contributed by atoms with Gasteiger partial charge in [-0.15, -0.1) is 5.06 Å². The van der Waals surface area contributed by atoms with Crippen molar-refractivity contribution in [3.05, 3.63) is 107 Å². The maximum absolute atomic E-state index is 12.8. The Bertz CT molecular complexity index is 2900. The van der Waals surface area contributed by atoms with Gasteiger partial charge in [-0.2, -0.15) is 5.06 Å². The first kappa shape index (κ1) is 53.6. The van der Waals surface area contributed by atoms with Crippen LogP contribution in [0, 0.1) is 6.92 Å². The van der Waals surface area contributed by atoms with Gasteiger partial charge >= 0.3 is 35.5 Å². The van der Waals surface area contributed by atoms with Gasteiger partial charge in [-0.3, -0.25) is 24.4 Å². The molecule has 0 spiro atoms. The van der Waals surface area contributed by atoms with Crippen molar-refractivity contribution < 1.29 is 93.9 Å². The van der Waals surface area contributed by atoms with Gasteiger partial charge in [-0.05, 0) is 100 Å². The minimum atomic E-state index is -4.90. The topological polar surface area (TPSA) is 255 Å². The van der Waals surface area contributed by atoms with Gasteiger partial charge in [-0.1, -0.05) is 36.4 Å². The number of imide groups is 2. The molecule has 5 aliphatic rings. The largest absolute Gasteiger partial charge is 1.00 e. The molecule has 0 bridgehead atoms. The van der Waals surface area contributed by atoms with Crippen molar-refractivity contribution in [2.24, 2.45) is 0 Å². The van der Waals surface area contributed by atoms with Crippen LogP contribution in [0.25, 0.3) is 28.5 Å². The van der Waals surface area contributed by atoms with Gasteiger partial charge in [0, 0.05) is 78.4 Å². The summed E-state index contributed by atoms with van der Waals surface area (Å²) in [6.07, 6.45) is 5.56. The molecule has 18 nitrogen and oxygen atoms in total. The Morgan fingerprint density at radius 2 is 1.51 bits per heavy atom. The van der Waals surface area contributed by atoms with E-state index in [1.807, 2.05) is 50.2 Å². The van der Waals surface area contributed by atoms with E-state index >= 15 is 0 Å². The van der Waals surface area contributed by atoms with Crippen molar-refractivity contribution >= 4 is 61.6 Å². The van der Waals surface area contributed by atoms with Crippen LogP contribution in [0.5, 0.6) is 0 Å². The fourth-order valence-corrected chi connectivity index (χ4v) is 9.50. The van der Waals surface area contributed by atoms with Gasteiger partial charge in [0.05, 0.1) is 21.1 Å². The number of amides is 4. The third-order valence-corrected chi connectivity index (χ3v) is 13.6. The smallest absolute Gasteiger partial charge is 0.748 e. The van der Waals surface area contributed by atoms with E-state index < -0.39 is 65.9 Å². The predicted molar refractivity (Wildman–Crippen MR) is 241 cm³/mol. The molecule has 1 N–H and O–H groups in total. The average Bonchev–Trinajstić information content (AvgIpc) is 3.84. The normalized spacial score (nSPS) is 17.8. The number of benzene rings is 3. The molecule has 2 saturated heterocycles. The van der Waals surface area contributed by atoms with Crippen molar-refractivity contribution in [2.45, 2.75) is 89.4 Å². The molecule has 0 radical (unpaired) electrons. The van der Waals surface area contributed by atoms with E-state index in [-0.39, 0.29) is 92.5 Å². The third-order valence-electron chi connectivity index (χ3n) is 11.9. The van der Waals surface area contributed by atoms with Gasteiger partial charge < -0.3 is 23.3 Å². The molecule has 0 saturated carbocycles. The summed E-state index contributed by atoms with van der Waals surface area (Å²) < 4.78 is 80.6. The number of hydrogen-bond donors (Lipinski definition) is 1. The molecule has 7 rings (SSSR count). The standard InChI is InChI=1S/C43H47N3O11S2.C4H5NO3.Na/c1-5-44(6-2)31-18-20-33-37(27-31)56-36(29(3)42(33)30-13-8-7-9-14-30)15-10-16-38-43(4,24-11-17-41(49)57-46-39(47)22-23-40(46)48)34-28-32(59(53,54)55)19-21-35(34)45(38)25-12-26-58(50,51)52;6-3-1-2-4(7)5(3)8;/h7-10,13-16,18-21,27-28H,5-6,11-12,17,22-26H2,1-4H3,(H-,50,51,52,53,54,55);8H,1-2H2;/q;;+1/p-1. The van der Waals surface area contributed by atoms with Gasteiger partial charge in [0.15, 0.2) is 0 Å². The second-order valence-corrected chi connectivity index (χ2v) is 19.2. The predicted octanol–water partition coefficient (Wildman–Crippen LogP) is 1.99. The molecule has 2 aromatic carbocycles. The minimum Gasteiger partial charge on any atom is -0.748 e. The van der Waals surface area contributed by atoms with Crippen LogP contribution in [-0.4, -0.2) is 96.3 Å². The Labute approximate surface area is 416 Å². The maximum Gasteiger partial charge on any atom is 1.00 e. The van der Waals surface area contributed by atoms with Crippen LogP contribution in [0.1, 0.15) is 89.0 Å². The number of nitrogens with zero attached hydrogens (tertiary/aromatic N) is 4. The van der Waals surface area contributed by atoms with Crippen molar-refractivity contribution in [1.82, 2.24) is 14.7 Å². The van der Waals surface area contributed by atoms with Crippen LogP contribution in [0.4, 0.5) is 5.69 Å². The van der Waals surface area contributed by atoms with E-state index in [9.17, 15) is 49.9 Å². The summed E-state index contributed by atoms with van der Waals surface area (Å²) in [6, 6.07) is 20.0. The number of allylic oxidation sites excluding steroid dienone is 3. The van der Waals surface area contributed by atoms with Gasteiger partial charge in [0.1, 0.15) is 34.7 Å². The zero-order valence-corrected chi connectivity index (χ0v) is 42.1. The van der Waals surface area contributed by atoms with Crippen molar-refractivity contribution in [3.63, 3.8) is 0 Å². The summed E-state index contributed by atoms with van der Waals surface area (Å²) in [6.45, 7) is 9.59.